The molecule has 1 heterocycles. The Morgan fingerprint density at radius 2 is 2.08 bits per heavy atom. The van der Waals surface area contributed by atoms with Crippen molar-refractivity contribution < 1.29 is 17.6 Å². The molecule has 0 saturated carbocycles. The lowest BCUT2D eigenvalue weighted by atomic mass is 10.5. The molecule has 0 aliphatic carbocycles. The Balaban J connectivity index is 0.00000121. The van der Waals surface area contributed by atoms with Crippen molar-refractivity contribution in [3.8, 4) is 0 Å². The van der Waals surface area contributed by atoms with Crippen molar-refractivity contribution in [1.82, 2.24) is 4.98 Å². The molecule has 0 aliphatic rings. The summed E-state index contributed by atoms with van der Waals surface area (Å²) in [5.41, 5.74) is 5.11. The fraction of sp³-hybridized carbons (Fsp3) is 0.400. The summed E-state index contributed by atoms with van der Waals surface area (Å²) in [5, 5.41) is 0. The third kappa shape index (κ3) is 2.38. The van der Waals surface area contributed by atoms with Crippen molar-refractivity contribution in [3.63, 3.8) is 0 Å². The van der Waals surface area contributed by atoms with Crippen LogP contribution in [0.1, 0.15) is 11.6 Å². The summed E-state index contributed by atoms with van der Waals surface area (Å²) in [6, 6.07) is 0. The molecule has 7 heteroatoms. The predicted octanol–water partition coefficient (Wildman–Crippen LogP) is 1.57. The van der Waals surface area contributed by atoms with E-state index in [9.17, 15) is 13.2 Å². The zero-order chi connectivity index (χ0) is 8.48. The van der Waals surface area contributed by atoms with Crippen LogP contribution in [-0.4, -0.2) is 4.98 Å². The molecule has 0 atom stereocenters. The van der Waals surface area contributed by atoms with Gasteiger partial charge in [-0.25, -0.2) is 4.98 Å². The molecule has 0 radical (unpaired) electrons. The van der Waals surface area contributed by atoms with Gasteiger partial charge in [-0.1, -0.05) is 0 Å². The molecule has 0 saturated heterocycles. The second-order valence-electron chi connectivity index (χ2n) is 1.85. The molecule has 1 aromatic heterocycles. The maximum absolute atomic E-state index is 11.7. The van der Waals surface area contributed by atoms with Crippen molar-refractivity contribution in [1.29, 1.82) is 0 Å². The van der Waals surface area contributed by atoms with Gasteiger partial charge in [-0.05, 0) is 0 Å². The second-order valence-corrected chi connectivity index (χ2v) is 1.85. The number of halogens is 4. The minimum Gasteiger partial charge on any atom is -0.441 e. The van der Waals surface area contributed by atoms with Gasteiger partial charge < -0.3 is 10.2 Å². The maximum atomic E-state index is 11.7. The van der Waals surface area contributed by atoms with Gasteiger partial charge in [0.15, 0.2) is 0 Å². The highest BCUT2D eigenvalue weighted by atomic mass is 35.5. The van der Waals surface area contributed by atoms with Crippen molar-refractivity contribution in [2.75, 3.05) is 0 Å². The Morgan fingerprint density at radius 3 is 2.33 bits per heavy atom. The van der Waals surface area contributed by atoms with E-state index in [1.54, 1.807) is 0 Å². The summed E-state index contributed by atoms with van der Waals surface area (Å²) in [5.74, 6) is -1.25. The summed E-state index contributed by atoms with van der Waals surface area (Å²) in [6.07, 6.45) is -3.63. The van der Waals surface area contributed by atoms with Gasteiger partial charge in [-0.3, -0.25) is 0 Å². The summed E-state index contributed by atoms with van der Waals surface area (Å²) < 4.78 is 39.3. The Kier molecular flexibility index (Phi) is 3.54. The molecule has 0 spiro atoms. The molecule has 0 unspecified atom stereocenters. The van der Waals surface area contributed by atoms with Crippen molar-refractivity contribution >= 4 is 12.4 Å². The van der Waals surface area contributed by atoms with Crippen LogP contribution in [0.4, 0.5) is 13.2 Å². The molecule has 3 nitrogen and oxygen atoms in total. The normalized spacial score (nSPS) is 11.0. The van der Waals surface area contributed by atoms with Crippen LogP contribution in [-0.2, 0) is 12.7 Å². The third-order valence-electron chi connectivity index (χ3n) is 1.00. The summed E-state index contributed by atoms with van der Waals surface area (Å²) in [6.45, 7) is -0.0560. The van der Waals surface area contributed by atoms with Gasteiger partial charge in [-0.2, -0.15) is 13.2 Å². The summed E-state index contributed by atoms with van der Waals surface area (Å²) >= 11 is 0. The topological polar surface area (TPSA) is 52.0 Å². The summed E-state index contributed by atoms with van der Waals surface area (Å²) in [7, 11) is 0. The smallest absolute Gasteiger partial charge is 0.441 e. The number of alkyl halides is 3. The zero-order valence-corrected chi connectivity index (χ0v) is 6.58. The average molecular weight is 203 g/mol. The minimum atomic E-state index is -4.52. The first-order chi connectivity index (χ1) is 5.04. The number of rotatable bonds is 1. The SMILES string of the molecule is Cl.NCc1coc(C(F)(F)F)n1. The summed E-state index contributed by atoms with van der Waals surface area (Å²) in [4.78, 5) is 3.08. The zero-order valence-electron chi connectivity index (χ0n) is 5.76. The molecular formula is C5H6ClF3N2O. The van der Waals surface area contributed by atoms with Crippen LogP contribution in [0.5, 0.6) is 0 Å². The number of hydrogen-bond donors (Lipinski definition) is 1. The molecule has 0 aromatic carbocycles. The standard InChI is InChI=1S/C5H5F3N2O.ClH/c6-5(7,8)4-10-3(1-9)2-11-4;/h2H,1,9H2;1H. The van der Waals surface area contributed by atoms with Gasteiger partial charge in [0, 0.05) is 6.54 Å². The van der Waals surface area contributed by atoms with Crippen LogP contribution in [0, 0.1) is 0 Å². The van der Waals surface area contributed by atoms with Crippen LogP contribution in [0.25, 0.3) is 0 Å². The number of hydrogen-bond acceptors (Lipinski definition) is 3. The van der Waals surface area contributed by atoms with Gasteiger partial charge in [0.1, 0.15) is 6.26 Å². The van der Waals surface area contributed by atoms with Crippen molar-refractivity contribution in [3.05, 3.63) is 17.8 Å². The number of nitrogens with two attached hydrogens (primary N) is 1. The molecule has 1 aromatic rings. The first-order valence-corrected chi connectivity index (χ1v) is 2.75. The molecule has 0 aliphatic heterocycles. The van der Waals surface area contributed by atoms with E-state index in [2.05, 4.69) is 9.40 Å². The van der Waals surface area contributed by atoms with Crippen LogP contribution in [0.2, 0.25) is 0 Å². The molecular weight excluding hydrogens is 197 g/mol. The lowest BCUT2D eigenvalue weighted by molar-refractivity contribution is -0.157. The molecule has 0 amide bonds. The maximum Gasteiger partial charge on any atom is 0.468 e. The third-order valence-corrected chi connectivity index (χ3v) is 1.00. The van der Waals surface area contributed by atoms with E-state index < -0.39 is 12.1 Å². The average Bonchev–Trinajstić information content (AvgIpc) is 2.32. The van der Waals surface area contributed by atoms with Gasteiger partial charge in [-0.15, -0.1) is 12.4 Å². The van der Waals surface area contributed by atoms with Crippen LogP contribution < -0.4 is 5.73 Å². The Hall–Kier alpha value is -0.750. The van der Waals surface area contributed by atoms with Gasteiger partial charge in [0.05, 0.1) is 5.69 Å². The van der Waals surface area contributed by atoms with Gasteiger partial charge >= 0.3 is 12.1 Å². The van der Waals surface area contributed by atoms with E-state index >= 15 is 0 Å². The van der Waals surface area contributed by atoms with E-state index in [1.165, 1.54) is 0 Å². The Bertz CT molecular complexity index is 247. The number of aromatic nitrogens is 1. The number of oxazole rings is 1. The van der Waals surface area contributed by atoms with Gasteiger partial charge in [0.25, 0.3) is 0 Å². The van der Waals surface area contributed by atoms with Crippen LogP contribution in [0.3, 0.4) is 0 Å². The van der Waals surface area contributed by atoms with E-state index in [1.807, 2.05) is 0 Å². The van der Waals surface area contributed by atoms with E-state index in [-0.39, 0.29) is 24.6 Å². The molecule has 0 bridgehead atoms. The lowest BCUT2D eigenvalue weighted by Crippen LogP contribution is -2.06. The monoisotopic (exact) mass is 202 g/mol. The predicted molar refractivity (Wildman–Crippen MR) is 36.6 cm³/mol. The molecule has 12 heavy (non-hydrogen) atoms. The quantitative estimate of drug-likeness (QED) is 0.752. The first-order valence-electron chi connectivity index (χ1n) is 2.75. The van der Waals surface area contributed by atoms with Gasteiger partial charge in [0.2, 0.25) is 0 Å². The molecule has 2 N–H and O–H groups in total. The largest absolute Gasteiger partial charge is 0.468 e. The van der Waals surface area contributed by atoms with Crippen LogP contribution >= 0.6 is 12.4 Å². The number of nitrogens with zero attached hydrogens (tertiary/aromatic N) is 1. The van der Waals surface area contributed by atoms with Crippen molar-refractivity contribution in [2.24, 2.45) is 5.73 Å². The van der Waals surface area contributed by atoms with E-state index in [0.717, 1.165) is 6.26 Å². The van der Waals surface area contributed by atoms with Crippen LogP contribution in [0.15, 0.2) is 10.7 Å². The van der Waals surface area contributed by atoms with Crippen molar-refractivity contribution in [2.45, 2.75) is 12.7 Å². The highest BCUT2D eigenvalue weighted by molar-refractivity contribution is 5.85. The lowest BCUT2D eigenvalue weighted by Gasteiger charge is -1.97. The molecule has 70 valence electrons. The van der Waals surface area contributed by atoms with E-state index in [4.69, 9.17) is 5.73 Å². The second kappa shape index (κ2) is 3.77. The van der Waals surface area contributed by atoms with E-state index in [0.29, 0.717) is 0 Å². The molecule has 0 fully saturated rings. The fourth-order valence-corrected chi connectivity index (χ4v) is 0.531. The highest BCUT2D eigenvalue weighted by Gasteiger charge is 2.36. The minimum absolute atomic E-state index is 0. The Labute approximate surface area is 72.2 Å². The highest BCUT2D eigenvalue weighted by Crippen LogP contribution is 2.27. The first kappa shape index (κ1) is 11.2. The fourth-order valence-electron chi connectivity index (χ4n) is 0.531. The Morgan fingerprint density at radius 1 is 1.50 bits per heavy atom. The molecule has 1 rings (SSSR count).